The Morgan fingerprint density at radius 1 is 1.47 bits per heavy atom. The van der Waals surface area contributed by atoms with Crippen LogP contribution in [0.4, 0.5) is 5.95 Å². The highest BCUT2D eigenvalue weighted by Crippen LogP contribution is 2.23. The standard InChI is InChI=1S/C10H16ClN3O/c1-6(2)4-7(3)15-9-8(11)5-13-10(12)14-9/h5-7H,4H2,1-3H3,(H2,12,13,14). The van der Waals surface area contributed by atoms with Gasteiger partial charge in [-0.1, -0.05) is 25.4 Å². The average molecular weight is 230 g/mol. The summed E-state index contributed by atoms with van der Waals surface area (Å²) in [7, 11) is 0. The number of hydrogen-bond acceptors (Lipinski definition) is 4. The van der Waals surface area contributed by atoms with Gasteiger partial charge in [0.25, 0.3) is 0 Å². The number of nitrogen functional groups attached to an aromatic ring is 1. The number of halogens is 1. The Bertz CT molecular complexity index is 330. The molecule has 0 bridgehead atoms. The van der Waals surface area contributed by atoms with Crippen LogP contribution >= 0.6 is 11.6 Å². The maximum atomic E-state index is 5.87. The lowest BCUT2D eigenvalue weighted by Gasteiger charge is -2.16. The molecule has 4 nitrogen and oxygen atoms in total. The van der Waals surface area contributed by atoms with E-state index in [1.54, 1.807) is 0 Å². The van der Waals surface area contributed by atoms with Gasteiger partial charge in [-0.05, 0) is 19.3 Å². The molecule has 0 aromatic carbocycles. The molecule has 0 aliphatic heterocycles. The van der Waals surface area contributed by atoms with E-state index in [1.807, 2.05) is 6.92 Å². The van der Waals surface area contributed by atoms with Gasteiger partial charge in [-0.2, -0.15) is 4.98 Å². The van der Waals surface area contributed by atoms with Gasteiger partial charge in [0.05, 0.1) is 12.3 Å². The van der Waals surface area contributed by atoms with E-state index in [1.165, 1.54) is 6.20 Å². The molecule has 0 radical (unpaired) electrons. The summed E-state index contributed by atoms with van der Waals surface area (Å²) in [5, 5.41) is 0.389. The zero-order valence-corrected chi connectivity index (χ0v) is 9.95. The zero-order valence-electron chi connectivity index (χ0n) is 9.20. The van der Waals surface area contributed by atoms with Gasteiger partial charge in [-0.15, -0.1) is 0 Å². The van der Waals surface area contributed by atoms with Crippen molar-refractivity contribution in [2.75, 3.05) is 5.73 Å². The van der Waals surface area contributed by atoms with Gasteiger partial charge >= 0.3 is 0 Å². The predicted molar refractivity (Wildman–Crippen MR) is 61.0 cm³/mol. The van der Waals surface area contributed by atoms with Crippen molar-refractivity contribution in [3.63, 3.8) is 0 Å². The van der Waals surface area contributed by atoms with Gasteiger partial charge in [0, 0.05) is 0 Å². The third kappa shape index (κ3) is 3.91. The van der Waals surface area contributed by atoms with Crippen molar-refractivity contribution in [1.82, 2.24) is 9.97 Å². The monoisotopic (exact) mass is 229 g/mol. The molecular formula is C10H16ClN3O. The molecule has 1 aromatic heterocycles. The van der Waals surface area contributed by atoms with Crippen LogP contribution in [0.1, 0.15) is 27.2 Å². The van der Waals surface area contributed by atoms with E-state index in [0.29, 0.717) is 16.8 Å². The summed E-state index contributed by atoms with van der Waals surface area (Å²) in [5.74, 6) is 1.10. The van der Waals surface area contributed by atoms with Gasteiger partial charge in [0.1, 0.15) is 5.02 Å². The lowest BCUT2D eigenvalue weighted by molar-refractivity contribution is 0.186. The minimum atomic E-state index is 0.0665. The average Bonchev–Trinajstić information content (AvgIpc) is 2.10. The predicted octanol–water partition coefficient (Wildman–Crippen LogP) is 2.53. The van der Waals surface area contributed by atoms with E-state index >= 15 is 0 Å². The number of rotatable bonds is 4. The lowest BCUT2D eigenvalue weighted by Crippen LogP contribution is -2.16. The van der Waals surface area contributed by atoms with Crippen molar-refractivity contribution < 1.29 is 4.74 Å². The summed E-state index contributed by atoms with van der Waals surface area (Å²) in [5.41, 5.74) is 5.44. The number of hydrogen-bond donors (Lipinski definition) is 1. The van der Waals surface area contributed by atoms with Crippen LogP contribution in [0.15, 0.2) is 6.20 Å². The van der Waals surface area contributed by atoms with Crippen LogP contribution < -0.4 is 10.5 Å². The van der Waals surface area contributed by atoms with Crippen LogP contribution in [0.5, 0.6) is 5.88 Å². The summed E-state index contributed by atoms with van der Waals surface area (Å²) < 4.78 is 5.57. The topological polar surface area (TPSA) is 61.0 Å². The number of nitrogens with zero attached hydrogens (tertiary/aromatic N) is 2. The number of anilines is 1. The minimum Gasteiger partial charge on any atom is -0.473 e. The summed E-state index contributed by atoms with van der Waals surface area (Å²) in [6, 6.07) is 0. The summed E-state index contributed by atoms with van der Waals surface area (Å²) >= 11 is 5.87. The molecule has 0 amide bonds. The molecule has 0 aliphatic rings. The molecule has 1 heterocycles. The molecule has 1 rings (SSSR count). The second-order valence-corrected chi connectivity index (χ2v) is 4.35. The molecule has 5 heteroatoms. The maximum Gasteiger partial charge on any atom is 0.237 e. The van der Waals surface area contributed by atoms with E-state index in [9.17, 15) is 0 Å². The molecule has 0 fully saturated rings. The Morgan fingerprint density at radius 3 is 2.73 bits per heavy atom. The summed E-state index contributed by atoms with van der Waals surface area (Å²) in [6.07, 6.45) is 2.46. The maximum absolute atomic E-state index is 5.87. The second kappa shape index (κ2) is 5.16. The highest BCUT2D eigenvalue weighted by Gasteiger charge is 2.11. The van der Waals surface area contributed by atoms with E-state index < -0.39 is 0 Å². The fraction of sp³-hybridized carbons (Fsp3) is 0.600. The smallest absolute Gasteiger partial charge is 0.237 e. The van der Waals surface area contributed by atoms with Gasteiger partial charge in [0.15, 0.2) is 0 Å². The Labute approximate surface area is 94.8 Å². The van der Waals surface area contributed by atoms with Crippen molar-refractivity contribution >= 4 is 17.5 Å². The minimum absolute atomic E-state index is 0.0665. The van der Waals surface area contributed by atoms with Crippen molar-refractivity contribution in [2.45, 2.75) is 33.3 Å². The first kappa shape index (κ1) is 12.0. The van der Waals surface area contributed by atoms with Crippen molar-refractivity contribution in [3.05, 3.63) is 11.2 Å². The third-order valence-corrected chi connectivity index (χ3v) is 2.11. The first-order valence-corrected chi connectivity index (χ1v) is 5.31. The molecule has 15 heavy (non-hydrogen) atoms. The molecule has 1 unspecified atom stereocenters. The lowest BCUT2D eigenvalue weighted by atomic mass is 10.1. The molecular weight excluding hydrogens is 214 g/mol. The van der Waals surface area contributed by atoms with Crippen LogP contribution in [-0.2, 0) is 0 Å². The second-order valence-electron chi connectivity index (χ2n) is 3.94. The number of ether oxygens (including phenoxy) is 1. The first-order chi connectivity index (χ1) is 6.99. The van der Waals surface area contributed by atoms with Crippen LogP contribution in [0.2, 0.25) is 5.02 Å². The van der Waals surface area contributed by atoms with Gasteiger partial charge in [-0.3, -0.25) is 0 Å². The molecule has 1 atom stereocenters. The largest absolute Gasteiger partial charge is 0.473 e. The van der Waals surface area contributed by atoms with Crippen LogP contribution in [0.3, 0.4) is 0 Å². The fourth-order valence-electron chi connectivity index (χ4n) is 1.35. The van der Waals surface area contributed by atoms with Gasteiger partial charge in [-0.25, -0.2) is 4.98 Å². The molecule has 0 saturated carbocycles. The molecule has 0 spiro atoms. The molecule has 1 aromatic rings. The summed E-state index contributed by atoms with van der Waals surface area (Å²) in [4.78, 5) is 7.69. The summed E-state index contributed by atoms with van der Waals surface area (Å²) in [6.45, 7) is 6.25. The Morgan fingerprint density at radius 2 is 2.13 bits per heavy atom. The van der Waals surface area contributed by atoms with Crippen LogP contribution in [0, 0.1) is 5.92 Å². The molecule has 0 saturated heterocycles. The van der Waals surface area contributed by atoms with Crippen LogP contribution in [0.25, 0.3) is 0 Å². The van der Waals surface area contributed by atoms with E-state index in [-0.39, 0.29) is 12.1 Å². The number of aromatic nitrogens is 2. The van der Waals surface area contributed by atoms with Crippen molar-refractivity contribution in [2.24, 2.45) is 5.92 Å². The molecule has 2 N–H and O–H groups in total. The Kier molecular flexibility index (Phi) is 4.15. The highest BCUT2D eigenvalue weighted by atomic mass is 35.5. The highest BCUT2D eigenvalue weighted by molar-refractivity contribution is 6.31. The normalized spacial score (nSPS) is 12.9. The number of nitrogens with two attached hydrogens (primary N) is 1. The quantitative estimate of drug-likeness (QED) is 0.862. The Hall–Kier alpha value is -1.03. The van der Waals surface area contributed by atoms with E-state index in [0.717, 1.165) is 6.42 Å². The van der Waals surface area contributed by atoms with Crippen LogP contribution in [-0.4, -0.2) is 16.1 Å². The first-order valence-electron chi connectivity index (χ1n) is 4.93. The SMILES string of the molecule is CC(C)CC(C)Oc1nc(N)ncc1Cl. The van der Waals surface area contributed by atoms with Gasteiger partial charge < -0.3 is 10.5 Å². The van der Waals surface area contributed by atoms with E-state index in [4.69, 9.17) is 22.1 Å². The van der Waals surface area contributed by atoms with E-state index in [2.05, 4.69) is 23.8 Å². The fourth-order valence-corrected chi connectivity index (χ4v) is 1.49. The van der Waals surface area contributed by atoms with Crippen molar-refractivity contribution in [3.8, 4) is 5.88 Å². The zero-order chi connectivity index (χ0) is 11.4. The molecule has 84 valence electrons. The third-order valence-electron chi connectivity index (χ3n) is 1.85. The van der Waals surface area contributed by atoms with Crippen molar-refractivity contribution in [1.29, 1.82) is 0 Å². The van der Waals surface area contributed by atoms with Gasteiger partial charge in [0.2, 0.25) is 11.8 Å². The Balaban J connectivity index is 2.67. The molecule has 0 aliphatic carbocycles.